The molecule has 0 spiro atoms. The van der Waals surface area contributed by atoms with E-state index in [1.54, 1.807) is 11.2 Å². The highest BCUT2D eigenvalue weighted by Gasteiger charge is 2.13. The highest BCUT2D eigenvalue weighted by Crippen LogP contribution is 2.18. The quantitative estimate of drug-likeness (QED) is 0.551. The second-order valence-corrected chi connectivity index (χ2v) is 5.68. The lowest BCUT2D eigenvalue weighted by atomic mass is 10.2. The molecule has 0 atom stereocenters. The second-order valence-electron chi connectivity index (χ2n) is 5.68. The van der Waals surface area contributed by atoms with Crippen molar-refractivity contribution in [2.24, 2.45) is 0 Å². The molecule has 8 nitrogen and oxygen atoms in total. The maximum atomic E-state index is 12.4. The van der Waals surface area contributed by atoms with Gasteiger partial charge in [-0.15, -0.1) is 24.8 Å². The fourth-order valence-corrected chi connectivity index (χ4v) is 2.56. The van der Waals surface area contributed by atoms with Crippen molar-refractivity contribution in [3.05, 3.63) is 42.5 Å². The van der Waals surface area contributed by atoms with Crippen LogP contribution in [-0.4, -0.2) is 46.0 Å². The molecule has 1 amide bonds. The number of rotatable bonds is 7. The predicted octanol–water partition coefficient (Wildman–Crippen LogP) is 2.38. The van der Waals surface area contributed by atoms with Gasteiger partial charge in [0.2, 0.25) is 5.91 Å². The molecular weight excluding hydrogens is 389 g/mol. The number of aromatic amines is 1. The van der Waals surface area contributed by atoms with Crippen LogP contribution in [-0.2, 0) is 11.3 Å². The minimum atomic E-state index is -0.116. The van der Waals surface area contributed by atoms with Gasteiger partial charge in [0, 0.05) is 19.3 Å². The molecule has 3 rings (SSSR count). The summed E-state index contributed by atoms with van der Waals surface area (Å²) < 4.78 is 0. The van der Waals surface area contributed by atoms with Crippen molar-refractivity contribution in [3.63, 3.8) is 0 Å². The van der Waals surface area contributed by atoms with E-state index in [1.165, 1.54) is 6.33 Å². The standard InChI is InChI=1S/C17H21N7O.2ClH/c1-3-18-8-12-5-4-6-13(7-12)23-14(25)9-24(2)17-15-16(20-10-19-15)21-11-22-17;;/h4-7,10-11,18H,3,8-9H2,1-2H3,(H,23,25)(H,19,20,21,22);2*1H. The lowest BCUT2D eigenvalue weighted by Gasteiger charge is -2.18. The van der Waals surface area contributed by atoms with Crippen molar-refractivity contribution < 1.29 is 4.79 Å². The monoisotopic (exact) mass is 411 g/mol. The van der Waals surface area contributed by atoms with E-state index in [0.717, 1.165) is 24.3 Å². The molecule has 3 N–H and O–H groups in total. The van der Waals surface area contributed by atoms with Crippen molar-refractivity contribution in [2.45, 2.75) is 13.5 Å². The number of nitrogens with one attached hydrogen (secondary N) is 3. The van der Waals surface area contributed by atoms with Gasteiger partial charge >= 0.3 is 0 Å². The molecule has 0 bridgehead atoms. The molecule has 2 heterocycles. The summed E-state index contributed by atoms with van der Waals surface area (Å²) >= 11 is 0. The van der Waals surface area contributed by atoms with E-state index in [1.807, 2.05) is 31.3 Å². The number of amides is 1. The number of nitrogens with zero attached hydrogens (tertiary/aromatic N) is 4. The molecule has 27 heavy (non-hydrogen) atoms. The van der Waals surface area contributed by atoms with E-state index < -0.39 is 0 Å². The number of hydrogen-bond acceptors (Lipinski definition) is 6. The minimum absolute atomic E-state index is 0. The maximum absolute atomic E-state index is 12.4. The highest BCUT2D eigenvalue weighted by molar-refractivity contribution is 5.95. The summed E-state index contributed by atoms with van der Waals surface area (Å²) in [5.41, 5.74) is 3.20. The molecule has 146 valence electrons. The SMILES string of the molecule is CCNCc1cccc(NC(=O)CN(C)c2ncnc3nc[nH]c23)c1.Cl.Cl. The number of halogens is 2. The molecule has 0 saturated carbocycles. The largest absolute Gasteiger partial charge is 0.348 e. The Morgan fingerprint density at radius 2 is 2.04 bits per heavy atom. The fourth-order valence-electron chi connectivity index (χ4n) is 2.56. The molecule has 0 aliphatic rings. The Bertz CT molecular complexity index is 871. The molecule has 3 aromatic rings. The average molecular weight is 412 g/mol. The number of fused-ring (bicyclic) bond motifs is 1. The zero-order chi connectivity index (χ0) is 17.6. The molecule has 0 unspecified atom stereocenters. The zero-order valence-corrected chi connectivity index (χ0v) is 16.7. The second kappa shape index (κ2) is 10.7. The number of likely N-dealkylation sites (N-methyl/N-ethyl adjacent to an activating group) is 1. The highest BCUT2D eigenvalue weighted by atomic mass is 35.5. The van der Waals surface area contributed by atoms with E-state index in [2.05, 4.69) is 37.5 Å². The van der Waals surface area contributed by atoms with E-state index in [0.29, 0.717) is 17.0 Å². The lowest BCUT2D eigenvalue weighted by Crippen LogP contribution is -2.30. The number of hydrogen-bond donors (Lipinski definition) is 3. The third-order valence-corrected chi connectivity index (χ3v) is 3.74. The van der Waals surface area contributed by atoms with Gasteiger partial charge < -0.3 is 20.5 Å². The van der Waals surface area contributed by atoms with Crippen LogP contribution in [0.25, 0.3) is 11.2 Å². The molecular formula is C17H23Cl2N7O. The first kappa shape index (κ1) is 22.6. The summed E-state index contributed by atoms with van der Waals surface area (Å²) in [4.78, 5) is 29.5. The number of anilines is 2. The summed E-state index contributed by atoms with van der Waals surface area (Å²) in [6.07, 6.45) is 3.00. The van der Waals surface area contributed by atoms with Gasteiger partial charge in [-0.1, -0.05) is 19.1 Å². The average Bonchev–Trinajstić information content (AvgIpc) is 3.08. The van der Waals surface area contributed by atoms with Gasteiger partial charge in [0.25, 0.3) is 0 Å². The van der Waals surface area contributed by atoms with Crippen LogP contribution < -0.4 is 15.5 Å². The number of imidazole rings is 1. The molecule has 10 heteroatoms. The van der Waals surface area contributed by atoms with Crippen LogP contribution in [0.4, 0.5) is 11.5 Å². The van der Waals surface area contributed by atoms with Crippen LogP contribution in [0.5, 0.6) is 0 Å². The number of aromatic nitrogens is 4. The first-order valence-corrected chi connectivity index (χ1v) is 8.12. The summed E-state index contributed by atoms with van der Waals surface area (Å²) in [5.74, 6) is 0.521. The van der Waals surface area contributed by atoms with Gasteiger partial charge in [0.15, 0.2) is 11.5 Å². The fraction of sp³-hybridized carbons (Fsp3) is 0.294. The van der Waals surface area contributed by atoms with Gasteiger partial charge in [-0.2, -0.15) is 0 Å². The minimum Gasteiger partial charge on any atom is -0.348 e. The van der Waals surface area contributed by atoms with Crippen LogP contribution in [0, 0.1) is 0 Å². The smallest absolute Gasteiger partial charge is 0.243 e. The molecule has 0 aliphatic heterocycles. The van der Waals surface area contributed by atoms with Crippen LogP contribution in [0.2, 0.25) is 0 Å². The number of carbonyl (C=O) groups excluding carboxylic acids is 1. The van der Waals surface area contributed by atoms with Crippen LogP contribution in [0.1, 0.15) is 12.5 Å². The third kappa shape index (κ3) is 5.78. The van der Waals surface area contributed by atoms with E-state index in [4.69, 9.17) is 0 Å². The molecule has 0 fully saturated rings. The Hall–Kier alpha value is -2.42. The lowest BCUT2D eigenvalue weighted by molar-refractivity contribution is -0.114. The van der Waals surface area contributed by atoms with Gasteiger partial charge in [0.1, 0.15) is 11.8 Å². The van der Waals surface area contributed by atoms with Gasteiger partial charge in [0.05, 0.1) is 12.9 Å². The predicted molar refractivity (Wildman–Crippen MR) is 112 cm³/mol. The summed E-state index contributed by atoms with van der Waals surface area (Å²) in [6.45, 7) is 3.91. The molecule has 0 saturated heterocycles. The number of carbonyl (C=O) groups is 1. The van der Waals surface area contributed by atoms with E-state index in [9.17, 15) is 4.79 Å². The molecule has 0 aliphatic carbocycles. The summed E-state index contributed by atoms with van der Waals surface area (Å²) in [6, 6.07) is 7.81. The first-order valence-electron chi connectivity index (χ1n) is 8.12. The van der Waals surface area contributed by atoms with Crippen LogP contribution in [0.3, 0.4) is 0 Å². The van der Waals surface area contributed by atoms with Crippen molar-refractivity contribution in [1.82, 2.24) is 25.3 Å². The van der Waals surface area contributed by atoms with Crippen molar-refractivity contribution in [2.75, 3.05) is 30.4 Å². The summed E-state index contributed by atoms with van der Waals surface area (Å²) in [7, 11) is 1.81. The molecule has 1 aromatic carbocycles. The Morgan fingerprint density at radius 3 is 2.81 bits per heavy atom. The number of benzene rings is 1. The van der Waals surface area contributed by atoms with Crippen molar-refractivity contribution in [3.8, 4) is 0 Å². The van der Waals surface area contributed by atoms with Gasteiger partial charge in [-0.3, -0.25) is 4.79 Å². The Labute approximate surface area is 170 Å². The van der Waals surface area contributed by atoms with Gasteiger partial charge in [-0.25, -0.2) is 15.0 Å². The summed E-state index contributed by atoms with van der Waals surface area (Å²) in [5, 5.41) is 6.19. The van der Waals surface area contributed by atoms with Gasteiger partial charge in [-0.05, 0) is 24.2 Å². The van der Waals surface area contributed by atoms with Crippen LogP contribution >= 0.6 is 24.8 Å². The Morgan fingerprint density at radius 1 is 1.22 bits per heavy atom. The first-order chi connectivity index (χ1) is 12.2. The van der Waals surface area contributed by atoms with E-state index in [-0.39, 0.29) is 37.3 Å². The molecule has 2 aromatic heterocycles. The molecule has 0 radical (unpaired) electrons. The van der Waals surface area contributed by atoms with Crippen molar-refractivity contribution in [1.29, 1.82) is 0 Å². The Kier molecular flexibility index (Phi) is 8.93. The van der Waals surface area contributed by atoms with Crippen LogP contribution in [0.15, 0.2) is 36.9 Å². The number of H-pyrrole nitrogens is 1. The third-order valence-electron chi connectivity index (χ3n) is 3.74. The topological polar surface area (TPSA) is 98.8 Å². The maximum Gasteiger partial charge on any atom is 0.243 e. The van der Waals surface area contributed by atoms with Crippen molar-refractivity contribution >= 4 is 53.4 Å². The normalized spacial score (nSPS) is 10.0. The Balaban J connectivity index is 0.00000182. The zero-order valence-electron chi connectivity index (χ0n) is 15.1. The van der Waals surface area contributed by atoms with E-state index >= 15 is 0 Å².